The Kier molecular flexibility index (Phi) is 5.62. The summed E-state index contributed by atoms with van der Waals surface area (Å²) in [5.74, 6) is 2.46. The second-order valence-corrected chi connectivity index (χ2v) is 5.14. The third-order valence-corrected chi connectivity index (χ3v) is 3.52. The first-order chi connectivity index (χ1) is 5.86. The molecule has 0 aromatic heterocycles. The minimum atomic E-state index is 0.696. The standard InChI is InChI=1S/C12H27N/c1-9(2)10(3)8-11(4)12(5)13(6)7/h9-12H,8H2,1-7H3. The maximum atomic E-state index is 2.36. The zero-order valence-corrected chi connectivity index (χ0v) is 10.5. The van der Waals surface area contributed by atoms with E-state index in [4.69, 9.17) is 0 Å². The largest absolute Gasteiger partial charge is 0.306 e. The number of rotatable bonds is 5. The lowest BCUT2D eigenvalue weighted by Gasteiger charge is -2.29. The summed E-state index contributed by atoms with van der Waals surface area (Å²) in [6, 6.07) is 0.696. The Hall–Kier alpha value is -0.0400. The molecule has 80 valence electrons. The molecule has 0 heterocycles. The zero-order valence-electron chi connectivity index (χ0n) is 10.5. The summed E-state index contributed by atoms with van der Waals surface area (Å²) in [5, 5.41) is 0. The first-order valence-electron chi connectivity index (χ1n) is 5.52. The van der Waals surface area contributed by atoms with Crippen molar-refractivity contribution in [3.63, 3.8) is 0 Å². The Morgan fingerprint density at radius 3 is 1.62 bits per heavy atom. The topological polar surface area (TPSA) is 3.24 Å². The molecule has 0 fully saturated rings. The van der Waals surface area contributed by atoms with E-state index in [-0.39, 0.29) is 0 Å². The van der Waals surface area contributed by atoms with E-state index in [1.807, 2.05) is 0 Å². The fraction of sp³-hybridized carbons (Fsp3) is 1.00. The van der Waals surface area contributed by atoms with Crippen LogP contribution in [0.5, 0.6) is 0 Å². The third-order valence-electron chi connectivity index (χ3n) is 3.52. The average Bonchev–Trinajstić information content (AvgIpc) is 2.02. The van der Waals surface area contributed by atoms with Gasteiger partial charge in [0.2, 0.25) is 0 Å². The molecule has 0 rings (SSSR count). The van der Waals surface area contributed by atoms with Crippen LogP contribution < -0.4 is 0 Å². The molecular formula is C12H27N. The molecule has 0 aliphatic rings. The summed E-state index contributed by atoms with van der Waals surface area (Å²) in [5.41, 5.74) is 0. The molecule has 13 heavy (non-hydrogen) atoms. The maximum absolute atomic E-state index is 2.36. The van der Waals surface area contributed by atoms with Gasteiger partial charge in [0.15, 0.2) is 0 Å². The fourth-order valence-electron chi connectivity index (χ4n) is 1.56. The van der Waals surface area contributed by atoms with Crippen molar-refractivity contribution in [3.05, 3.63) is 0 Å². The first-order valence-corrected chi connectivity index (χ1v) is 5.52. The summed E-state index contributed by atoms with van der Waals surface area (Å²) < 4.78 is 0. The maximum Gasteiger partial charge on any atom is 0.00865 e. The Balaban J connectivity index is 3.92. The molecule has 0 aliphatic heterocycles. The zero-order chi connectivity index (χ0) is 10.6. The lowest BCUT2D eigenvalue weighted by Crippen LogP contribution is -2.32. The molecule has 0 saturated carbocycles. The number of hydrogen-bond donors (Lipinski definition) is 0. The second-order valence-electron chi connectivity index (χ2n) is 5.14. The molecule has 0 aromatic rings. The molecule has 3 unspecified atom stereocenters. The van der Waals surface area contributed by atoms with Crippen LogP contribution in [-0.2, 0) is 0 Å². The summed E-state index contributed by atoms with van der Waals surface area (Å²) >= 11 is 0. The molecule has 0 bridgehead atoms. The van der Waals surface area contributed by atoms with E-state index < -0.39 is 0 Å². The summed E-state index contributed by atoms with van der Waals surface area (Å²) in [7, 11) is 4.34. The van der Waals surface area contributed by atoms with Crippen LogP contribution in [0.2, 0.25) is 0 Å². The van der Waals surface area contributed by atoms with Crippen LogP contribution >= 0.6 is 0 Å². The van der Waals surface area contributed by atoms with E-state index in [2.05, 4.69) is 53.6 Å². The number of hydrogen-bond acceptors (Lipinski definition) is 1. The van der Waals surface area contributed by atoms with E-state index in [9.17, 15) is 0 Å². The average molecular weight is 185 g/mol. The molecule has 3 atom stereocenters. The molecule has 1 nitrogen and oxygen atoms in total. The van der Waals surface area contributed by atoms with E-state index in [0.29, 0.717) is 6.04 Å². The Morgan fingerprint density at radius 2 is 1.31 bits per heavy atom. The van der Waals surface area contributed by atoms with Gasteiger partial charge in [0, 0.05) is 6.04 Å². The molecule has 0 radical (unpaired) electrons. The highest BCUT2D eigenvalue weighted by atomic mass is 15.1. The summed E-state index contributed by atoms with van der Waals surface area (Å²) in [4.78, 5) is 2.32. The van der Waals surface area contributed by atoms with Gasteiger partial charge in [0.25, 0.3) is 0 Å². The predicted molar refractivity (Wildman–Crippen MR) is 60.9 cm³/mol. The SMILES string of the molecule is CC(C)C(C)CC(C)C(C)N(C)C. The lowest BCUT2D eigenvalue weighted by molar-refractivity contribution is 0.199. The van der Waals surface area contributed by atoms with E-state index >= 15 is 0 Å². The molecule has 0 amide bonds. The summed E-state index contributed by atoms with van der Waals surface area (Å²) in [6.07, 6.45) is 1.34. The lowest BCUT2D eigenvalue weighted by atomic mass is 9.85. The van der Waals surface area contributed by atoms with Crippen LogP contribution in [0.25, 0.3) is 0 Å². The van der Waals surface area contributed by atoms with E-state index in [1.165, 1.54) is 6.42 Å². The Bertz CT molecular complexity index is 129. The minimum absolute atomic E-state index is 0.696. The van der Waals surface area contributed by atoms with Crippen molar-refractivity contribution < 1.29 is 0 Å². The monoisotopic (exact) mass is 185 g/mol. The van der Waals surface area contributed by atoms with Gasteiger partial charge in [-0.1, -0.05) is 27.7 Å². The third kappa shape index (κ3) is 4.66. The minimum Gasteiger partial charge on any atom is -0.306 e. The molecular weight excluding hydrogens is 158 g/mol. The van der Waals surface area contributed by atoms with Crippen molar-refractivity contribution in [2.24, 2.45) is 17.8 Å². The van der Waals surface area contributed by atoms with Crippen LogP contribution in [0.1, 0.15) is 41.0 Å². The van der Waals surface area contributed by atoms with Gasteiger partial charge < -0.3 is 4.90 Å². The van der Waals surface area contributed by atoms with Crippen molar-refractivity contribution in [1.29, 1.82) is 0 Å². The van der Waals surface area contributed by atoms with Crippen LogP contribution in [0.3, 0.4) is 0 Å². The van der Waals surface area contributed by atoms with Crippen molar-refractivity contribution in [1.82, 2.24) is 4.90 Å². The Labute approximate surface area is 84.5 Å². The van der Waals surface area contributed by atoms with Crippen molar-refractivity contribution in [2.75, 3.05) is 14.1 Å². The van der Waals surface area contributed by atoms with Crippen molar-refractivity contribution in [3.8, 4) is 0 Å². The van der Waals surface area contributed by atoms with Crippen LogP contribution in [-0.4, -0.2) is 25.0 Å². The smallest absolute Gasteiger partial charge is 0.00865 e. The van der Waals surface area contributed by atoms with Crippen molar-refractivity contribution >= 4 is 0 Å². The van der Waals surface area contributed by atoms with Gasteiger partial charge in [-0.25, -0.2) is 0 Å². The van der Waals surface area contributed by atoms with Crippen LogP contribution in [0, 0.1) is 17.8 Å². The van der Waals surface area contributed by atoms with Gasteiger partial charge in [-0.15, -0.1) is 0 Å². The van der Waals surface area contributed by atoms with Gasteiger partial charge >= 0.3 is 0 Å². The first kappa shape index (κ1) is 13.0. The highest BCUT2D eigenvalue weighted by Gasteiger charge is 2.18. The van der Waals surface area contributed by atoms with Crippen LogP contribution in [0.4, 0.5) is 0 Å². The summed E-state index contributed by atoms with van der Waals surface area (Å²) in [6.45, 7) is 11.7. The van der Waals surface area contributed by atoms with Gasteiger partial charge in [-0.05, 0) is 45.2 Å². The highest BCUT2D eigenvalue weighted by Crippen LogP contribution is 2.22. The van der Waals surface area contributed by atoms with Gasteiger partial charge in [0.1, 0.15) is 0 Å². The van der Waals surface area contributed by atoms with Crippen LogP contribution in [0.15, 0.2) is 0 Å². The quantitative estimate of drug-likeness (QED) is 0.635. The molecule has 1 heteroatoms. The predicted octanol–water partition coefficient (Wildman–Crippen LogP) is 3.25. The van der Waals surface area contributed by atoms with E-state index in [0.717, 1.165) is 17.8 Å². The van der Waals surface area contributed by atoms with Gasteiger partial charge in [0.05, 0.1) is 0 Å². The fourth-order valence-corrected chi connectivity index (χ4v) is 1.56. The molecule has 0 aliphatic carbocycles. The molecule has 0 N–H and O–H groups in total. The second kappa shape index (κ2) is 5.64. The van der Waals surface area contributed by atoms with Gasteiger partial charge in [-0.2, -0.15) is 0 Å². The Morgan fingerprint density at radius 1 is 0.846 bits per heavy atom. The molecule has 0 saturated heterocycles. The highest BCUT2D eigenvalue weighted by molar-refractivity contribution is 4.71. The number of nitrogens with zero attached hydrogens (tertiary/aromatic N) is 1. The molecule has 0 spiro atoms. The normalized spacial score (nSPS) is 19.2. The van der Waals surface area contributed by atoms with Crippen molar-refractivity contribution in [2.45, 2.75) is 47.1 Å². The molecule has 0 aromatic carbocycles. The van der Waals surface area contributed by atoms with Gasteiger partial charge in [-0.3, -0.25) is 0 Å². The van der Waals surface area contributed by atoms with E-state index in [1.54, 1.807) is 0 Å².